The van der Waals surface area contributed by atoms with E-state index >= 15 is 0 Å². The fraction of sp³-hybridized carbons (Fsp3) is 0.150. The quantitative estimate of drug-likeness (QED) is 0.596. The first-order chi connectivity index (χ1) is 13.0. The van der Waals surface area contributed by atoms with Gasteiger partial charge in [-0.15, -0.1) is 0 Å². The Bertz CT molecular complexity index is 823. The number of amides is 1. The van der Waals surface area contributed by atoms with Crippen molar-refractivity contribution >= 4 is 23.5 Å². The normalized spacial score (nSPS) is 9.85. The van der Waals surface area contributed by atoms with Crippen molar-refractivity contribution in [2.24, 2.45) is 0 Å². The monoisotopic (exact) mass is 369 g/mol. The van der Waals surface area contributed by atoms with Gasteiger partial charge in [0.2, 0.25) is 0 Å². The van der Waals surface area contributed by atoms with Crippen molar-refractivity contribution < 1.29 is 28.6 Å². The summed E-state index contributed by atoms with van der Waals surface area (Å²) in [7, 11) is 2.45. The van der Waals surface area contributed by atoms with Crippen LogP contribution < -0.4 is 10.1 Å². The molecule has 7 heteroatoms. The molecule has 0 unspecified atom stereocenters. The van der Waals surface area contributed by atoms with Gasteiger partial charge in [0.15, 0.2) is 0 Å². The summed E-state index contributed by atoms with van der Waals surface area (Å²) < 4.78 is 14.7. The lowest BCUT2D eigenvalue weighted by molar-refractivity contribution is 0.0599. The van der Waals surface area contributed by atoms with Crippen LogP contribution in [0.4, 0.5) is 5.69 Å². The van der Waals surface area contributed by atoms with E-state index in [1.54, 1.807) is 30.3 Å². The molecule has 0 saturated carbocycles. The number of ether oxygens (including phenoxy) is 3. The van der Waals surface area contributed by atoms with Crippen LogP contribution in [-0.2, 0) is 9.47 Å². The summed E-state index contributed by atoms with van der Waals surface area (Å²) in [6.45, 7) is 3.93. The minimum absolute atomic E-state index is 0.115. The standard InChI is InChI=1S/C20H19NO6/c1-4-9-27-17-7-5-13(6-8-17)18(22)21-16-11-14(19(23)25-2)10-15(12-16)20(24)26-3/h4-8,10-12H,1,9H2,2-3H3,(H,21,22). The van der Waals surface area contributed by atoms with Crippen molar-refractivity contribution in [3.8, 4) is 5.75 Å². The van der Waals surface area contributed by atoms with Gasteiger partial charge in [-0.1, -0.05) is 12.7 Å². The lowest BCUT2D eigenvalue weighted by Crippen LogP contribution is -2.14. The highest BCUT2D eigenvalue weighted by Crippen LogP contribution is 2.19. The van der Waals surface area contributed by atoms with Gasteiger partial charge in [0.05, 0.1) is 25.3 Å². The van der Waals surface area contributed by atoms with E-state index in [2.05, 4.69) is 21.4 Å². The molecule has 2 rings (SSSR count). The molecule has 27 heavy (non-hydrogen) atoms. The predicted molar refractivity (Wildman–Crippen MR) is 99.2 cm³/mol. The molecule has 1 N–H and O–H groups in total. The molecule has 0 radical (unpaired) electrons. The number of methoxy groups -OCH3 is 2. The zero-order valence-electron chi connectivity index (χ0n) is 15.0. The Labute approximate surface area is 156 Å². The van der Waals surface area contributed by atoms with Crippen LogP contribution in [0.25, 0.3) is 0 Å². The van der Waals surface area contributed by atoms with Crippen LogP contribution in [0, 0.1) is 0 Å². The first kappa shape index (κ1) is 19.7. The first-order valence-corrected chi connectivity index (χ1v) is 7.95. The average Bonchev–Trinajstić information content (AvgIpc) is 2.70. The summed E-state index contributed by atoms with van der Waals surface area (Å²) in [4.78, 5) is 36.0. The molecule has 0 aliphatic rings. The third kappa shape index (κ3) is 5.18. The van der Waals surface area contributed by atoms with Gasteiger partial charge in [-0.2, -0.15) is 0 Å². The lowest BCUT2D eigenvalue weighted by Gasteiger charge is -2.10. The molecule has 0 aliphatic heterocycles. The summed E-state index contributed by atoms with van der Waals surface area (Å²) in [5.74, 6) is -1.09. The molecule has 0 saturated heterocycles. The van der Waals surface area contributed by atoms with Gasteiger partial charge in [0.1, 0.15) is 12.4 Å². The van der Waals surface area contributed by atoms with Crippen molar-refractivity contribution in [1.29, 1.82) is 0 Å². The molecule has 0 aromatic heterocycles. The maximum atomic E-state index is 12.4. The third-order valence-corrected chi connectivity index (χ3v) is 3.52. The molecule has 0 heterocycles. The number of nitrogens with one attached hydrogen (secondary N) is 1. The molecule has 2 aromatic rings. The molecule has 140 valence electrons. The second kappa shape index (κ2) is 9.19. The van der Waals surface area contributed by atoms with E-state index < -0.39 is 17.8 Å². The van der Waals surface area contributed by atoms with Crippen LogP contribution in [0.2, 0.25) is 0 Å². The van der Waals surface area contributed by atoms with E-state index in [0.717, 1.165) is 0 Å². The summed E-state index contributed by atoms with van der Waals surface area (Å²) >= 11 is 0. The molecule has 0 fully saturated rings. The van der Waals surface area contributed by atoms with Gasteiger partial charge in [0, 0.05) is 11.3 Å². The SMILES string of the molecule is C=CCOc1ccc(C(=O)Nc2cc(C(=O)OC)cc(C(=O)OC)c2)cc1. The number of carbonyl (C=O) groups excluding carboxylic acids is 3. The minimum atomic E-state index is -0.639. The number of hydrogen-bond acceptors (Lipinski definition) is 6. The molecule has 0 bridgehead atoms. The zero-order chi connectivity index (χ0) is 19.8. The Kier molecular flexibility index (Phi) is 6.71. The Balaban J connectivity index is 2.24. The van der Waals surface area contributed by atoms with E-state index in [1.807, 2.05) is 0 Å². The second-order valence-corrected chi connectivity index (χ2v) is 5.36. The lowest BCUT2D eigenvalue weighted by atomic mass is 10.1. The summed E-state index contributed by atoms with van der Waals surface area (Å²) in [6.07, 6.45) is 1.62. The van der Waals surface area contributed by atoms with Crippen LogP contribution >= 0.6 is 0 Å². The maximum absolute atomic E-state index is 12.4. The van der Waals surface area contributed by atoms with E-state index in [0.29, 0.717) is 17.9 Å². The van der Waals surface area contributed by atoms with E-state index in [9.17, 15) is 14.4 Å². The van der Waals surface area contributed by atoms with Gasteiger partial charge < -0.3 is 19.5 Å². The average molecular weight is 369 g/mol. The zero-order valence-corrected chi connectivity index (χ0v) is 15.0. The molecule has 0 aliphatic carbocycles. The maximum Gasteiger partial charge on any atom is 0.337 e. The molecular formula is C20H19NO6. The number of carbonyl (C=O) groups is 3. The Morgan fingerprint density at radius 3 is 1.96 bits per heavy atom. The fourth-order valence-electron chi connectivity index (χ4n) is 2.23. The summed E-state index contributed by atoms with van der Waals surface area (Å²) in [6, 6.07) is 10.7. The van der Waals surface area contributed by atoms with Gasteiger partial charge >= 0.3 is 11.9 Å². The molecule has 0 atom stereocenters. The van der Waals surface area contributed by atoms with Crippen molar-refractivity contribution in [2.45, 2.75) is 0 Å². The van der Waals surface area contributed by atoms with Crippen LogP contribution in [0.1, 0.15) is 31.1 Å². The van der Waals surface area contributed by atoms with Gasteiger partial charge in [-0.3, -0.25) is 4.79 Å². The Morgan fingerprint density at radius 2 is 1.48 bits per heavy atom. The third-order valence-electron chi connectivity index (χ3n) is 3.52. The van der Waals surface area contributed by atoms with E-state index in [-0.39, 0.29) is 16.8 Å². The first-order valence-electron chi connectivity index (χ1n) is 7.95. The van der Waals surface area contributed by atoms with Gasteiger partial charge in [-0.25, -0.2) is 9.59 Å². The highest BCUT2D eigenvalue weighted by atomic mass is 16.5. The molecule has 2 aromatic carbocycles. The van der Waals surface area contributed by atoms with E-state index in [1.165, 1.54) is 32.4 Å². The van der Waals surface area contributed by atoms with Gasteiger partial charge in [0.25, 0.3) is 5.91 Å². The molecular weight excluding hydrogens is 350 g/mol. The van der Waals surface area contributed by atoms with Crippen LogP contribution in [0.3, 0.4) is 0 Å². The summed E-state index contributed by atoms with van der Waals surface area (Å²) in [5.41, 5.74) is 0.868. The second-order valence-electron chi connectivity index (χ2n) is 5.36. The van der Waals surface area contributed by atoms with Crippen molar-refractivity contribution in [3.63, 3.8) is 0 Å². The van der Waals surface area contributed by atoms with Crippen LogP contribution in [0.5, 0.6) is 5.75 Å². The predicted octanol–water partition coefficient (Wildman–Crippen LogP) is 3.08. The van der Waals surface area contributed by atoms with Crippen molar-refractivity contribution in [1.82, 2.24) is 0 Å². The topological polar surface area (TPSA) is 90.9 Å². The van der Waals surface area contributed by atoms with Crippen LogP contribution in [0.15, 0.2) is 55.1 Å². The number of anilines is 1. The van der Waals surface area contributed by atoms with Crippen LogP contribution in [-0.4, -0.2) is 38.7 Å². The highest BCUT2D eigenvalue weighted by Gasteiger charge is 2.15. The number of hydrogen-bond donors (Lipinski definition) is 1. The van der Waals surface area contributed by atoms with E-state index in [4.69, 9.17) is 4.74 Å². The van der Waals surface area contributed by atoms with Crippen molar-refractivity contribution in [3.05, 3.63) is 71.8 Å². The molecule has 1 amide bonds. The highest BCUT2D eigenvalue weighted by molar-refractivity contribution is 6.06. The fourth-order valence-corrected chi connectivity index (χ4v) is 2.23. The van der Waals surface area contributed by atoms with Crippen molar-refractivity contribution in [2.75, 3.05) is 26.1 Å². The number of rotatable bonds is 7. The summed E-state index contributed by atoms with van der Waals surface area (Å²) in [5, 5.41) is 2.65. The molecule has 7 nitrogen and oxygen atoms in total. The van der Waals surface area contributed by atoms with Gasteiger partial charge in [-0.05, 0) is 42.5 Å². The number of esters is 2. The smallest absolute Gasteiger partial charge is 0.337 e. The largest absolute Gasteiger partial charge is 0.490 e. The molecule has 0 spiro atoms. The Morgan fingerprint density at radius 1 is 0.926 bits per heavy atom. The Hall–Kier alpha value is -3.61. The minimum Gasteiger partial charge on any atom is -0.490 e. The number of benzene rings is 2.